The van der Waals surface area contributed by atoms with E-state index in [1.807, 2.05) is 20.0 Å². The van der Waals surface area contributed by atoms with Crippen LogP contribution < -0.4 is 0 Å². The molecule has 0 aromatic carbocycles. The molecule has 0 bridgehead atoms. The number of carbonyl (C=O) groups excluding carboxylic acids is 1. The van der Waals surface area contributed by atoms with Crippen LogP contribution in [0.5, 0.6) is 0 Å². The summed E-state index contributed by atoms with van der Waals surface area (Å²) in [5.41, 5.74) is 0.845. The molecule has 0 N–H and O–H groups in total. The van der Waals surface area contributed by atoms with Crippen LogP contribution in [0.1, 0.15) is 30.7 Å². The Morgan fingerprint density at radius 1 is 1.50 bits per heavy atom. The summed E-state index contributed by atoms with van der Waals surface area (Å²) in [6, 6.07) is 2.06. The van der Waals surface area contributed by atoms with Gasteiger partial charge in [-0.2, -0.15) is 0 Å². The van der Waals surface area contributed by atoms with Gasteiger partial charge >= 0.3 is 5.97 Å². The number of rotatable bonds is 7. The number of hydrogen-bond donors (Lipinski definition) is 0. The first-order chi connectivity index (χ1) is 11.5. The molecule has 2 aliphatic heterocycles. The molecular weight excluding hydrogens is 313 g/mol. The lowest BCUT2D eigenvalue weighted by molar-refractivity contribution is -0.141. The van der Waals surface area contributed by atoms with E-state index in [9.17, 15) is 9.18 Å². The van der Waals surface area contributed by atoms with Crippen LogP contribution in [-0.2, 0) is 16.1 Å². The molecule has 3 rings (SSSR count). The van der Waals surface area contributed by atoms with Crippen molar-refractivity contribution in [2.45, 2.75) is 44.9 Å². The first kappa shape index (κ1) is 17.4. The average molecular weight is 339 g/mol. The van der Waals surface area contributed by atoms with E-state index in [1.165, 1.54) is 0 Å². The third kappa shape index (κ3) is 4.33. The average Bonchev–Trinajstić information content (AvgIpc) is 3.20. The second-order valence-electron chi connectivity index (χ2n) is 7.05. The van der Waals surface area contributed by atoms with Crippen molar-refractivity contribution in [2.24, 2.45) is 5.92 Å². The molecular formula is C17H26FN3O3. The van der Waals surface area contributed by atoms with Gasteiger partial charge < -0.3 is 14.2 Å². The summed E-state index contributed by atoms with van der Waals surface area (Å²) in [6.45, 7) is 5.07. The second kappa shape index (κ2) is 7.61. The number of cyclic esters (lactones) is 1. The molecule has 0 amide bonds. The predicted molar refractivity (Wildman–Crippen MR) is 86.1 cm³/mol. The van der Waals surface area contributed by atoms with Gasteiger partial charge in [0, 0.05) is 25.2 Å². The smallest absolute Gasteiger partial charge is 0.309 e. The molecule has 0 radical (unpaired) electrons. The molecule has 1 unspecified atom stereocenters. The van der Waals surface area contributed by atoms with E-state index in [4.69, 9.17) is 9.26 Å². The van der Waals surface area contributed by atoms with Crippen molar-refractivity contribution < 1.29 is 18.4 Å². The van der Waals surface area contributed by atoms with Crippen LogP contribution in [0.2, 0.25) is 0 Å². The van der Waals surface area contributed by atoms with Crippen LogP contribution in [0.25, 0.3) is 0 Å². The fourth-order valence-electron chi connectivity index (χ4n) is 3.62. The first-order valence-electron chi connectivity index (χ1n) is 8.66. The van der Waals surface area contributed by atoms with Crippen molar-refractivity contribution in [1.29, 1.82) is 0 Å². The van der Waals surface area contributed by atoms with Gasteiger partial charge in [0.05, 0.1) is 24.8 Å². The summed E-state index contributed by atoms with van der Waals surface area (Å²) < 4.78 is 24.2. The highest BCUT2D eigenvalue weighted by atomic mass is 19.1. The summed E-state index contributed by atoms with van der Waals surface area (Å²) in [6.07, 6.45) is 1.38. The zero-order chi connectivity index (χ0) is 17.1. The number of aryl methyl sites for hydroxylation is 1. The SMILES string of the molecule is Cc1cc(CN2C[C@@H](F)C[C@H]2CN(C)CCC2CCOC2=O)on1. The molecule has 0 saturated carbocycles. The van der Waals surface area contributed by atoms with E-state index in [-0.39, 0.29) is 17.9 Å². The summed E-state index contributed by atoms with van der Waals surface area (Å²) >= 11 is 0. The van der Waals surface area contributed by atoms with Crippen molar-refractivity contribution in [2.75, 3.05) is 33.3 Å². The van der Waals surface area contributed by atoms with E-state index < -0.39 is 6.17 Å². The maximum atomic E-state index is 13.9. The Morgan fingerprint density at radius 3 is 3.00 bits per heavy atom. The molecule has 1 aromatic heterocycles. The molecule has 24 heavy (non-hydrogen) atoms. The molecule has 2 saturated heterocycles. The first-order valence-corrected chi connectivity index (χ1v) is 8.66. The molecule has 6 nitrogen and oxygen atoms in total. The fraction of sp³-hybridized carbons (Fsp3) is 0.765. The van der Waals surface area contributed by atoms with Crippen molar-refractivity contribution in [3.05, 3.63) is 17.5 Å². The van der Waals surface area contributed by atoms with Crippen molar-refractivity contribution in [3.8, 4) is 0 Å². The van der Waals surface area contributed by atoms with Crippen LogP contribution in [-0.4, -0.2) is 66.4 Å². The van der Waals surface area contributed by atoms with E-state index in [2.05, 4.69) is 15.0 Å². The number of halogens is 1. The lowest BCUT2D eigenvalue weighted by Crippen LogP contribution is -2.39. The highest BCUT2D eigenvalue weighted by Crippen LogP contribution is 2.24. The summed E-state index contributed by atoms with van der Waals surface area (Å²) in [5, 5.41) is 3.89. The summed E-state index contributed by atoms with van der Waals surface area (Å²) in [4.78, 5) is 15.8. The van der Waals surface area contributed by atoms with Crippen LogP contribution >= 0.6 is 0 Å². The Kier molecular flexibility index (Phi) is 5.50. The Morgan fingerprint density at radius 2 is 2.33 bits per heavy atom. The largest absolute Gasteiger partial charge is 0.465 e. The van der Waals surface area contributed by atoms with Gasteiger partial charge in [-0.25, -0.2) is 4.39 Å². The molecule has 2 fully saturated rings. The Hall–Kier alpha value is -1.47. The van der Waals surface area contributed by atoms with Crippen molar-refractivity contribution >= 4 is 5.97 Å². The van der Waals surface area contributed by atoms with Gasteiger partial charge in [0.1, 0.15) is 6.17 Å². The van der Waals surface area contributed by atoms with E-state index >= 15 is 0 Å². The Bertz CT molecular complexity index is 565. The minimum Gasteiger partial charge on any atom is -0.465 e. The number of likely N-dealkylation sites (tertiary alicyclic amines) is 1. The normalized spacial score (nSPS) is 28.0. The number of likely N-dealkylation sites (N-methyl/N-ethyl adjacent to an activating group) is 1. The van der Waals surface area contributed by atoms with Crippen LogP contribution in [0.15, 0.2) is 10.6 Å². The second-order valence-corrected chi connectivity index (χ2v) is 7.05. The number of esters is 1. The van der Waals surface area contributed by atoms with Crippen molar-refractivity contribution in [1.82, 2.24) is 15.0 Å². The van der Waals surface area contributed by atoms with E-state index in [0.29, 0.717) is 26.1 Å². The zero-order valence-electron chi connectivity index (χ0n) is 14.4. The predicted octanol–water partition coefficient (Wildman–Crippen LogP) is 1.78. The monoisotopic (exact) mass is 339 g/mol. The molecule has 2 aliphatic rings. The van der Waals surface area contributed by atoms with Crippen LogP contribution in [0, 0.1) is 12.8 Å². The van der Waals surface area contributed by atoms with Gasteiger partial charge in [0.15, 0.2) is 5.76 Å². The molecule has 0 aliphatic carbocycles. The molecule has 1 aromatic rings. The number of alkyl halides is 1. The highest BCUT2D eigenvalue weighted by Gasteiger charge is 2.34. The third-order valence-electron chi connectivity index (χ3n) is 4.94. The van der Waals surface area contributed by atoms with Gasteiger partial charge in [0.2, 0.25) is 0 Å². The zero-order valence-corrected chi connectivity index (χ0v) is 14.4. The van der Waals surface area contributed by atoms with Gasteiger partial charge in [-0.05, 0) is 39.8 Å². The lowest BCUT2D eigenvalue weighted by atomic mass is 10.0. The minimum atomic E-state index is -0.794. The number of hydrogen-bond acceptors (Lipinski definition) is 6. The van der Waals surface area contributed by atoms with E-state index in [1.54, 1.807) is 0 Å². The van der Waals surface area contributed by atoms with E-state index in [0.717, 1.165) is 37.4 Å². The fourth-order valence-corrected chi connectivity index (χ4v) is 3.62. The lowest BCUT2D eigenvalue weighted by Gasteiger charge is -2.27. The maximum absolute atomic E-state index is 13.9. The molecule has 0 spiro atoms. The van der Waals surface area contributed by atoms with Gasteiger partial charge in [-0.3, -0.25) is 9.69 Å². The van der Waals surface area contributed by atoms with Crippen LogP contribution in [0.4, 0.5) is 4.39 Å². The third-order valence-corrected chi connectivity index (χ3v) is 4.94. The minimum absolute atomic E-state index is 0.0261. The molecule has 7 heteroatoms. The summed E-state index contributed by atoms with van der Waals surface area (Å²) in [5.74, 6) is 0.733. The Balaban J connectivity index is 1.49. The number of nitrogens with zero attached hydrogens (tertiary/aromatic N) is 3. The number of ether oxygens (including phenoxy) is 1. The van der Waals surface area contributed by atoms with Crippen LogP contribution in [0.3, 0.4) is 0 Å². The quantitative estimate of drug-likeness (QED) is 0.706. The van der Waals surface area contributed by atoms with Gasteiger partial charge in [0.25, 0.3) is 0 Å². The Labute approximate surface area is 141 Å². The number of aromatic nitrogens is 1. The highest BCUT2D eigenvalue weighted by molar-refractivity contribution is 5.74. The number of carbonyl (C=O) groups is 1. The maximum Gasteiger partial charge on any atom is 0.309 e. The topological polar surface area (TPSA) is 58.8 Å². The van der Waals surface area contributed by atoms with Gasteiger partial charge in [-0.15, -0.1) is 0 Å². The summed E-state index contributed by atoms with van der Waals surface area (Å²) in [7, 11) is 2.03. The van der Waals surface area contributed by atoms with Crippen molar-refractivity contribution in [3.63, 3.8) is 0 Å². The molecule has 3 atom stereocenters. The van der Waals surface area contributed by atoms with Gasteiger partial charge in [-0.1, -0.05) is 5.16 Å². The molecule has 134 valence electrons. The molecule has 3 heterocycles. The standard InChI is InChI=1S/C17H26FN3O3/c1-12-7-16(24-19-12)11-21-9-14(18)8-15(21)10-20(2)5-3-13-4-6-23-17(13)22/h7,13-15H,3-6,8-11H2,1-2H3/t13?,14-,15-/m0/s1.